The van der Waals surface area contributed by atoms with Gasteiger partial charge in [0.05, 0.1) is 5.25 Å². The van der Waals surface area contributed by atoms with Crippen LogP contribution in [0.15, 0.2) is 45.2 Å². The number of aromatic nitrogens is 1. The summed E-state index contributed by atoms with van der Waals surface area (Å²) in [6.45, 7) is 1.88. The van der Waals surface area contributed by atoms with Crippen LogP contribution in [0, 0.1) is 0 Å². The first-order valence-corrected chi connectivity index (χ1v) is 7.83. The molecule has 0 unspecified atom stereocenters. The Bertz CT molecular complexity index is 513. The van der Waals surface area contributed by atoms with Gasteiger partial charge in [0.1, 0.15) is 0 Å². The number of thiazole rings is 1. The van der Waals surface area contributed by atoms with E-state index in [1.165, 1.54) is 23.1 Å². The number of benzene rings is 1. The third-order valence-electron chi connectivity index (χ3n) is 2.16. The average Bonchev–Trinajstić information content (AvgIpc) is 2.85. The fraction of sp³-hybridized carbons (Fsp3) is 0.167. The van der Waals surface area contributed by atoms with E-state index in [9.17, 15) is 4.79 Å². The number of nitrogens with one attached hydrogen (secondary N) is 1. The Hall–Kier alpha value is -0.850. The lowest BCUT2D eigenvalue weighted by Crippen LogP contribution is -2.22. The van der Waals surface area contributed by atoms with Crippen molar-refractivity contribution >= 4 is 50.1 Å². The van der Waals surface area contributed by atoms with E-state index in [0.29, 0.717) is 5.13 Å². The van der Waals surface area contributed by atoms with E-state index in [-0.39, 0.29) is 11.2 Å². The van der Waals surface area contributed by atoms with Gasteiger partial charge in [-0.25, -0.2) is 4.98 Å². The monoisotopic (exact) mass is 342 g/mol. The van der Waals surface area contributed by atoms with Crippen molar-refractivity contribution in [3.63, 3.8) is 0 Å². The van der Waals surface area contributed by atoms with Gasteiger partial charge in [0.25, 0.3) is 0 Å². The largest absolute Gasteiger partial charge is 0.301 e. The zero-order valence-electron chi connectivity index (χ0n) is 9.59. The minimum Gasteiger partial charge on any atom is -0.301 e. The van der Waals surface area contributed by atoms with Crippen molar-refractivity contribution in [1.82, 2.24) is 4.98 Å². The Kier molecular flexibility index (Phi) is 4.79. The van der Waals surface area contributed by atoms with E-state index in [0.717, 1.165) is 9.37 Å². The topological polar surface area (TPSA) is 42.0 Å². The Labute approximate surface area is 122 Å². The predicted molar refractivity (Wildman–Crippen MR) is 80.2 cm³/mol. The van der Waals surface area contributed by atoms with Gasteiger partial charge < -0.3 is 5.32 Å². The number of rotatable bonds is 4. The summed E-state index contributed by atoms with van der Waals surface area (Å²) >= 11 is 6.33. The molecule has 0 aliphatic carbocycles. The van der Waals surface area contributed by atoms with Crippen LogP contribution in [-0.2, 0) is 4.79 Å². The summed E-state index contributed by atoms with van der Waals surface area (Å²) in [5.41, 5.74) is 0. The number of carbonyl (C=O) groups is 1. The molecule has 3 nitrogen and oxygen atoms in total. The highest BCUT2D eigenvalue weighted by molar-refractivity contribution is 9.10. The van der Waals surface area contributed by atoms with Gasteiger partial charge in [0, 0.05) is 20.9 Å². The number of anilines is 1. The van der Waals surface area contributed by atoms with Gasteiger partial charge >= 0.3 is 0 Å². The molecule has 0 saturated carbocycles. The van der Waals surface area contributed by atoms with Crippen LogP contribution in [0.3, 0.4) is 0 Å². The molecule has 1 heterocycles. The summed E-state index contributed by atoms with van der Waals surface area (Å²) < 4.78 is 1.03. The second-order valence-electron chi connectivity index (χ2n) is 3.54. The minimum atomic E-state index is -0.157. The highest BCUT2D eigenvalue weighted by Gasteiger charge is 2.15. The van der Waals surface area contributed by atoms with E-state index in [1.807, 2.05) is 36.6 Å². The van der Waals surface area contributed by atoms with Gasteiger partial charge in [-0.2, -0.15) is 0 Å². The van der Waals surface area contributed by atoms with Crippen molar-refractivity contribution in [3.05, 3.63) is 40.3 Å². The normalized spacial score (nSPS) is 12.1. The molecular weight excluding hydrogens is 332 g/mol. The minimum absolute atomic E-state index is 0.0298. The van der Waals surface area contributed by atoms with Crippen molar-refractivity contribution in [2.24, 2.45) is 0 Å². The maximum absolute atomic E-state index is 11.9. The Morgan fingerprint density at radius 3 is 2.78 bits per heavy atom. The lowest BCUT2D eigenvalue weighted by Gasteiger charge is -2.10. The molecule has 0 fully saturated rings. The number of thioether (sulfide) groups is 1. The van der Waals surface area contributed by atoms with Crippen molar-refractivity contribution in [1.29, 1.82) is 0 Å². The first-order valence-electron chi connectivity index (χ1n) is 5.28. The van der Waals surface area contributed by atoms with Crippen molar-refractivity contribution in [2.75, 3.05) is 5.32 Å². The number of carbonyl (C=O) groups excluding carboxylic acids is 1. The van der Waals surface area contributed by atoms with E-state index in [2.05, 4.69) is 26.2 Å². The third kappa shape index (κ3) is 3.83. The van der Waals surface area contributed by atoms with Crippen molar-refractivity contribution in [3.8, 4) is 0 Å². The molecule has 18 heavy (non-hydrogen) atoms. The summed E-state index contributed by atoms with van der Waals surface area (Å²) in [6, 6.07) is 7.91. The molecule has 1 aromatic carbocycles. The van der Waals surface area contributed by atoms with Crippen LogP contribution in [0.1, 0.15) is 6.92 Å². The van der Waals surface area contributed by atoms with E-state index in [1.54, 1.807) is 6.20 Å². The summed E-state index contributed by atoms with van der Waals surface area (Å²) in [7, 11) is 0. The molecular formula is C12H11BrN2OS2. The average molecular weight is 343 g/mol. The molecule has 0 bridgehead atoms. The molecule has 94 valence electrons. The number of hydrogen-bond donors (Lipinski definition) is 1. The van der Waals surface area contributed by atoms with Crippen LogP contribution in [0.5, 0.6) is 0 Å². The summed E-state index contributed by atoms with van der Waals surface area (Å²) in [4.78, 5) is 17.0. The fourth-order valence-corrected chi connectivity index (χ4v) is 2.93. The first-order chi connectivity index (χ1) is 8.65. The fourth-order valence-electron chi connectivity index (χ4n) is 1.26. The smallest absolute Gasteiger partial charge is 0.239 e. The maximum Gasteiger partial charge on any atom is 0.239 e. The number of amides is 1. The zero-order chi connectivity index (χ0) is 13.0. The number of hydrogen-bond acceptors (Lipinski definition) is 4. The van der Waals surface area contributed by atoms with Crippen LogP contribution in [0.4, 0.5) is 5.13 Å². The second kappa shape index (κ2) is 6.36. The molecule has 0 aliphatic rings. The number of halogens is 1. The summed E-state index contributed by atoms with van der Waals surface area (Å²) in [5, 5.41) is 5.11. The van der Waals surface area contributed by atoms with Gasteiger partial charge in [-0.15, -0.1) is 23.1 Å². The Morgan fingerprint density at radius 1 is 1.44 bits per heavy atom. The van der Waals surface area contributed by atoms with E-state index >= 15 is 0 Å². The second-order valence-corrected chi connectivity index (χ2v) is 6.76. The molecule has 1 amide bonds. The highest BCUT2D eigenvalue weighted by Crippen LogP contribution is 2.25. The molecule has 6 heteroatoms. The molecule has 1 atom stereocenters. The van der Waals surface area contributed by atoms with Gasteiger partial charge in [-0.3, -0.25) is 4.79 Å². The molecule has 1 aromatic heterocycles. The van der Waals surface area contributed by atoms with Gasteiger partial charge in [-0.1, -0.05) is 15.9 Å². The lowest BCUT2D eigenvalue weighted by atomic mass is 10.4. The van der Waals surface area contributed by atoms with Crippen molar-refractivity contribution in [2.45, 2.75) is 17.1 Å². The summed E-state index contributed by atoms with van der Waals surface area (Å²) in [5.74, 6) is -0.0298. The molecule has 2 aromatic rings. The Morgan fingerprint density at radius 2 is 2.17 bits per heavy atom. The Balaban J connectivity index is 1.93. The first kappa shape index (κ1) is 13.6. The molecule has 2 rings (SSSR count). The van der Waals surface area contributed by atoms with Crippen molar-refractivity contribution < 1.29 is 4.79 Å². The molecule has 0 saturated heterocycles. The van der Waals surface area contributed by atoms with Crippen LogP contribution in [0.25, 0.3) is 0 Å². The van der Waals surface area contributed by atoms with Gasteiger partial charge in [0.2, 0.25) is 5.91 Å². The van der Waals surface area contributed by atoms with Crippen LogP contribution in [-0.4, -0.2) is 16.1 Å². The molecule has 0 spiro atoms. The standard InChI is InChI=1S/C12H11BrN2OS2/c1-8(11(16)15-12-14-6-7-17-12)18-10-4-2-9(13)3-5-10/h2-8H,1H3,(H,14,15,16)/t8-/m1/s1. The van der Waals surface area contributed by atoms with Gasteiger partial charge in [-0.05, 0) is 31.2 Å². The molecule has 0 radical (unpaired) electrons. The van der Waals surface area contributed by atoms with Gasteiger partial charge in [0.15, 0.2) is 5.13 Å². The van der Waals surface area contributed by atoms with Crippen LogP contribution < -0.4 is 5.32 Å². The van der Waals surface area contributed by atoms with Crippen LogP contribution >= 0.6 is 39.0 Å². The summed E-state index contributed by atoms with van der Waals surface area (Å²) in [6.07, 6.45) is 1.67. The SMILES string of the molecule is C[C@@H](Sc1ccc(Br)cc1)C(=O)Nc1nccs1. The van der Waals surface area contributed by atoms with E-state index < -0.39 is 0 Å². The third-order valence-corrected chi connectivity index (χ3v) is 4.49. The zero-order valence-corrected chi connectivity index (χ0v) is 12.8. The molecule has 1 N–H and O–H groups in total. The quantitative estimate of drug-likeness (QED) is 0.853. The number of nitrogens with zero attached hydrogens (tertiary/aromatic N) is 1. The van der Waals surface area contributed by atoms with E-state index in [4.69, 9.17) is 0 Å². The van der Waals surface area contributed by atoms with Crippen LogP contribution in [0.2, 0.25) is 0 Å². The maximum atomic E-state index is 11.9. The predicted octanol–water partition coefficient (Wildman–Crippen LogP) is 4.02. The lowest BCUT2D eigenvalue weighted by molar-refractivity contribution is -0.115. The highest BCUT2D eigenvalue weighted by atomic mass is 79.9. The molecule has 0 aliphatic heterocycles.